The molecular weight excluding hydrogens is 356 g/mol. The smallest absolute Gasteiger partial charge is 0.387 e. The zero-order valence-corrected chi connectivity index (χ0v) is 14.6. The van der Waals surface area contributed by atoms with E-state index >= 15 is 0 Å². The summed E-state index contributed by atoms with van der Waals surface area (Å²) in [5.74, 6) is -0.708. The molecule has 0 saturated heterocycles. The molecule has 0 saturated carbocycles. The van der Waals surface area contributed by atoms with Crippen LogP contribution in [0.1, 0.15) is 27.0 Å². The van der Waals surface area contributed by atoms with Gasteiger partial charge in [0.05, 0.1) is 21.7 Å². The lowest BCUT2D eigenvalue weighted by Gasteiger charge is -2.37. The summed E-state index contributed by atoms with van der Waals surface area (Å²) >= 11 is 0. The second-order valence-electron chi connectivity index (χ2n) is 6.79. The van der Waals surface area contributed by atoms with Gasteiger partial charge in [-0.05, 0) is 23.8 Å². The van der Waals surface area contributed by atoms with Crippen molar-refractivity contribution in [3.63, 3.8) is 0 Å². The maximum Gasteiger partial charge on any atom is 0.411 e. The first-order valence-electron chi connectivity index (χ1n) is 8.79. The Balaban J connectivity index is 1.94. The Bertz CT molecular complexity index is 1160. The van der Waals surface area contributed by atoms with E-state index < -0.39 is 22.0 Å². The number of carbonyl (C=O) groups is 1. The topological polar surface area (TPSA) is 81.8 Å². The monoisotopic (exact) mass is 370 g/mol. The predicted octanol–water partition coefficient (Wildman–Crippen LogP) is 3.99. The molecule has 3 aromatic rings. The fourth-order valence-electron chi connectivity index (χ4n) is 4.33. The van der Waals surface area contributed by atoms with Crippen LogP contribution in [0.2, 0.25) is 0 Å². The Morgan fingerprint density at radius 1 is 0.857 bits per heavy atom. The van der Waals surface area contributed by atoms with Crippen molar-refractivity contribution in [1.29, 1.82) is 0 Å². The average Bonchev–Trinajstić information content (AvgIpc) is 3.27. The minimum Gasteiger partial charge on any atom is -0.387 e. The molecule has 0 N–H and O–H groups in total. The third kappa shape index (κ3) is 1.81. The molecule has 3 aromatic carbocycles. The second kappa shape index (κ2) is 5.60. The number of benzene rings is 3. The number of ether oxygens (including phenoxy) is 1. The molecule has 0 fully saturated rings. The maximum absolute atomic E-state index is 12.7. The van der Waals surface area contributed by atoms with Crippen molar-refractivity contribution in [2.24, 2.45) is 4.99 Å². The number of carbonyl (C=O) groups excluding carboxylic acids is 1. The number of nitro groups is 1. The Labute approximate surface area is 160 Å². The molecule has 0 aliphatic carbocycles. The standard InChI is InChI=1S/C22H14N2O4/c25-20-16-10-4-5-11-17(16)22(28-20,24(26)27)21(15-8-2-1-3-9-15)14-23-19-13-7-6-12-18(19)21/h1-14H. The van der Waals surface area contributed by atoms with E-state index in [4.69, 9.17) is 4.74 Å². The quantitative estimate of drug-likeness (QED) is 0.397. The van der Waals surface area contributed by atoms with Crippen molar-refractivity contribution >= 4 is 17.9 Å². The van der Waals surface area contributed by atoms with Crippen LogP contribution in [0.4, 0.5) is 5.69 Å². The normalized spacial score (nSPS) is 24.5. The molecule has 2 atom stereocenters. The Hall–Kier alpha value is -3.80. The highest BCUT2D eigenvalue weighted by Gasteiger charge is 2.72. The van der Waals surface area contributed by atoms with Gasteiger partial charge in [-0.3, -0.25) is 15.1 Å². The lowest BCUT2D eigenvalue weighted by atomic mass is 9.66. The zero-order valence-electron chi connectivity index (χ0n) is 14.6. The van der Waals surface area contributed by atoms with Gasteiger partial charge in [0.15, 0.2) is 5.41 Å². The molecule has 0 bridgehead atoms. The number of rotatable bonds is 3. The number of aliphatic imine (C=N–C) groups is 1. The average molecular weight is 370 g/mol. The highest BCUT2D eigenvalue weighted by atomic mass is 16.7. The third-order valence-corrected chi connectivity index (χ3v) is 5.50. The molecule has 0 aromatic heterocycles. The third-order valence-electron chi connectivity index (χ3n) is 5.50. The molecule has 0 amide bonds. The van der Waals surface area contributed by atoms with Crippen molar-refractivity contribution in [2.75, 3.05) is 0 Å². The van der Waals surface area contributed by atoms with E-state index in [-0.39, 0.29) is 11.1 Å². The van der Waals surface area contributed by atoms with Crippen molar-refractivity contribution in [3.05, 3.63) is 111 Å². The summed E-state index contributed by atoms with van der Waals surface area (Å²) in [4.78, 5) is 29.3. The number of hydrogen-bond acceptors (Lipinski definition) is 5. The van der Waals surface area contributed by atoms with E-state index in [1.807, 2.05) is 30.3 Å². The lowest BCUT2D eigenvalue weighted by Crippen LogP contribution is -2.55. The van der Waals surface area contributed by atoms with Gasteiger partial charge in [-0.15, -0.1) is 0 Å². The van der Waals surface area contributed by atoms with Crippen molar-refractivity contribution < 1.29 is 14.5 Å². The van der Waals surface area contributed by atoms with Gasteiger partial charge in [0.25, 0.3) is 0 Å². The molecule has 2 heterocycles. The van der Waals surface area contributed by atoms with Gasteiger partial charge in [0.2, 0.25) is 0 Å². The summed E-state index contributed by atoms with van der Waals surface area (Å²) in [6, 6.07) is 22.8. The molecule has 0 spiro atoms. The first-order chi connectivity index (χ1) is 13.6. The molecule has 28 heavy (non-hydrogen) atoms. The van der Waals surface area contributed by atoms with Gasteiger partial charge < -0.3 is 4.74 Å². The summed E-state index contributed by atoms with van der Waals surface area (Å²) in [5, 5.41) is 12.7. The minimum atomic E-state index is -2.15. The fraction of sp³-hybridized carbons (Fsp3) is 0.0909. The van der Waals surface area contributed by atoms with Crippen LogP contribution in [0.25, 0.3) is 0 Å². The molecule has 6 heteroatoms. The van der Waals surface area contributed by atoms with Gasteiger partial charge in [0.1, 0.15) is 0 Å². The zero-order chi connectivity index (χ0) is 19.4. The van der Waals surface area contributed by atoms with E-state index in [9.17, 15) is 14.9 Å². The minimum absolute atomic E-state index is 0.201. The summed E-state index contributed by atoms with van der Waals surface area (Å²) in [5.41, 5.74) is -1.24. The first-order valence-corrected chi connectivity index (χ1v) is 8.79. The Morgan fingerprint density at radius 2 is 1.50 bits per heavy atom. The van der Waals surface area contributed by atoms with Gasteiger partial charge in [-0.1, -0.05) is 60.7 Å². The SMILES string of the molecule is O=C1OC([N+](=O)[O-])(C2(c3ccccc3)C=Nc3ccccc32)c2ccccc21. The molecule has 2 aliphatic rings. The van der Waals surface area contributed by atoms with E-state index in [1.165, 1.54) is 0 Å². The van der Waals surface area contributed by atoms with Crippen LogP contribution in [0.3, 0.4) is 0 Å². The van der Waals surface area contributed by atoms with Gasteiger partial charge in [-0.25, -0.2) is 4.79 Å². The van der Waals surface area contributed by atoms with Crippen LogP contribution >= 0.6 is 0 Å². The Kier molecular flexibility index (Phi) is 3.27. The highest BCUT2D eigenvalue weighted by Crippen LogP contribution is 2.57. The van der Waals surface area contributed by atoms with E-state index in [0.29, 0.717) is 16.8 Å². The molecule has 136 valence electrons. The van der Waals surface area contributed by atoms with Crippen molar-refractivity contribution in [2.45, 2.75) is 11.1 Å². The summed E-state index contributed by atoms with van der Waals surface area (Å²) < 4.78 is 5.65. The van der Waals surface area contributed by atoms with Crippen LogP contribution < -0.4 is 0 Å². The number of cyclic esters (lactones) is 1. The number of para-hydroxylation sites is 1. The summed E-state index contributed by atoms with van der Waals surface area (Å²) in [7, 11) is 0. The van der Waals surface area contributed by atoms with Crippen molar-refractivity contribution in [3.8, 4) is 0 Å². The van der Waals surface area contributed by atoms with Crippen LogP contribution in [0.5, 0.6) is 0 Å². The molecule has 0 radical (unpaired) electrons. The van der Waals surface area contributed by atoms with Gasteiger partial charge in [-0.2, -0.15) is 0 Å². The Morgan fingerprint density at radius 3 is 2.25 bits per heavy atom. The van der Waals surface area contributed by atoms with E-state index in [0.717, 1.165) is 0 Å². The van der Waals surface area contributed by atoms with E-state index in [2.05, 4.69) is 4.99 Å². The molecule has 2 unspecified atom stereocenters. The summed E-state index contributed by atoms with van der Waals surface area (Å²) in [6.45, 7) is 0. The molecule has 2 aliphatic heterocycles. The van der Waals surface area contributed by atoms with Gasteiger partial charge >= 0.3 is 11.7 Å². The number of nitrogens with zero attached hydrogens (tertiary/aromatic N) is 2. The predicted molar refractivity (Wildman–Crippen MR) is 102 cm³/mol. The number of fused-ring (bicyclic) bond motifs is 2. The summed E-state index contributed by atoms with van der Waals surface area (Å²) in [6.07, 6.45) is 1.55. The van der Waals surface area contributed by atoms with Crippen LogP contribution in [0.15, 0.2) is 83.9 Å². The van der Waals surface area contributed by atoms with E-state index in [1.54, 1.807) is 54.7 Å². The lowest BCUT2D eigenvalue weighted by molar-refractivity contribution is -0.637. The molecule has 5 rings (SSSR count). The maximum atomic E-state index is 12.7. The largest absolute Gasteiger partial charge is 0.411 e. The molecule has 6 nitrogen and oxygen atoms in total. The number of esters is 1. The van der Waals surface area contributed by atoms with Crippen molar-refractivity contribution in [1.82, 2.24) is 0 Å². The van der Waals surface area contributed by atoms with Crippen LogP contribution in [-0.2, 0) is 15.9 Å². The number of hydrogen-bond donors (Lipinski definition) is 0. The highest BCUT2D eigenvalue weighted by molar-refractivity contribution is 5.98. The van der Waals surface area contributed by atoms with Gasteiger partial charge in [0, 0.05) is 11.8 Å². The second-order valence-corrected chi connectivity index (χ2v) is 6.79. The first kappa shape index (κ1) is 16.4. The molecular formula is C22H14N2O4. The fourth-order valence-corrected chi connectivity index (χ4v) is 4.33. The van der Waals surface area contributed by atoms with Crippen LogP contribution in [-0.4, -0.2) is 17.1 Å². The van der Waals surface area contributed by atoms with Crippen LogP contribution in [0, 0.1) is 10.1 Å².